The van der Waals surface area contributed by atoms with Crippen LogP contribution in [0.4, 0.5) is 0 Å². The maximum Gasteiger partial charge on any atom is 0.261 e. The van der Waals surface area contributed by atoms with E-state index in [0.717, 1.165) is 24.0 Å². The number of hydrogen-bond acceptors (Lipinski definition) is 3. The van der Waals surface area contributed by atoms with Crippen LogP contribution in [-0.4, -0.2) is 35.9 Å². The summed E-state index contributed by atoms with van der Waals surface area (Å²) >= 11 is 5.99. The third kappa shape index (κ3) is 7.06. The number of amides is 2. The molecule has 2 aromatic carbocycles. The van der Waals surface area contributed by atoms with Crippen LogP contribution in [0.1, 0.15) is 44.2 Å². The van der Waals surface area contributed by atoms with Crippen LogP contribution in [-0.2, 0) is 16.1 Å². The lowest BCUT2D eigenvalue weighted by atomic mass is 10.1. The maximum absolute atomic E-state index is 13.1. The predicted octanol–water partition coefficient (Wildman–Crippen LogP) is 4.75. The molecule has 0 aliphatic heterocycles. The summed E-state index contributed by atoms with van der Waals surface area (Å²) in [6.45, 7) is 6.71. The summed E-state index contributed by atoms with van der Waals surface area (Å²) in [5.74, 6) is 0.299. The average Bonchev–Trinajstić information content (AvgIpc) is 2.74. The molecule has 2 amide bonds. The molecular formula is C24H31ClN2O3. The number of carbonyl (C=O) groups excluding carboxylic acids is 2. The van der Waals surface area contributed by atoms with Crippen LogP contribution >= 0.6 is 11.6 Å². The second kappa shape index (κ2) is 12.2. The molecule has 6 heteroatoms. The fourth-order valence-corrected chi connectivity index (χ4v) is 3.28. The molecule has 30 heavy (non-hydrogen) atoms. The highest BCUT2D eigenvalue weighted by Crippen LogP contribution is 2.18. The highest BCUT2D eigenvalue weighted by Gasteiger charge is 2.28. The van der Waals surface area contributed by atoms with E-state index in [-0.39, 0.29) is 18.4 Å². The highest BCUT2D eigenvalue weighted by atomic mass is 35.5. The molecule has 1 unspecified atom stereocenters. The zero-order valence-corrected chi connectivity index (χ0v) is 18.7. The van der Waals surface area contributed by atoms with Crippen LogP contribution in [0.5, 0.6) is 5.75 Å². The van der Waals surface area contributed by atoms with Gasteiger partial charge in [0.15, 0.2) is 6.61 Å². The SMILES string of the molecule is CCCCNC(=O)C(CC)N(Cc1ccc(Cl)cc1)C(=O)COc1ccccc1C. The van der Waals surface area contributed by atoms with E-state index in [2.05, 4.69) is 12.2 Å². The van der Waals surface area contributed by atoms with Crippen molar-refractivity contribution in [2.75, 3.05) is 13.2 Å². The van der Waals surface area contributed by atoms with Gasteiger partial charge in [0.1, 0.15) is 11.8 Å². The Kier molecular flexibility index (Phi) is 9.68. The van der Waals surface area contributed by atoms with Gasteiger partial charge in [-0.15, -0.1) is 0 Å². The molecule has 0 saturated carbocycles. The summed E-state index contributed by atoms with van der Waals surface area (Å²) < 4.78 is 5.77. The Morgan fingerprint density at radius 1 is 1.10 bits per heavy atom. The van der Waals surface area contributed by atoms with Gasteiger partial charge in [0.2, 0.25) is 5.91 Å². The average molecular weight is 431 g/mol. The van der Waals surface area contributed by atoms with Gasteiger partial charge in [-0.1, -0.05) is 62.2 Å². The van der Waals surface area contributed by atoms with Gasteiger partial charge in [0.25, 0.3) is 5.91 Å². The van der Waals surface area contributed by atoms with Gasteiger partial charge >= 0.3 is 0 Å². The molecule has 0 radical (unpaired) electrons. The Labute approximate surface area is 184 Å². The highest BCUT2D eigenvalue weighted by molar-refractivity contribution is 6.30. The minimum absolute atomic E-state index is 0.128. The first-order valence-corrected chi connectivity index (χ1v) is 10.8. The van der Waals surface area contributed by atoms with Crippen molar-refractivity contribution in [1.82, 2.24) is 10.2 Å². The minimum Gasteiger partial charge on any atom is -0.484 e. The second-order valence-corrected chi connectivity index (χ2v) is 7.71. The summed E-state index contributed by atoms with van der Waals surface area (Å²) in [4.78, 5) is 27.5. The topological polar surface area (TPSA) is 58.6 Å². The van der Waals surface area contributed by atoms with Crippen LogP contribution in [0, 0.1) is 6.92 Å². The Hall–Kier alpha value is -2.53. The standard InChI is InChI=1S/C24H31ClN2O3/c1-4-6-15-26-24(29)21(5-2)27(16-19-11-13-20(25)14-12-19)23(28)17-30-22-10-8-7-9-18(22)3/h7-14,21H,4-6,15-17H2,1-3H3,(H,26,29). The summed E-state index contributed by atoms with van der Waals surface area (Å²) in [6.07, 6.45) is 2.42. The number of unbranched alkanes of at least 4 members (excludes halogenated alkanes) is 1. The first-order valence-electron chi connectivity index (χ1n) is 10.5. The van der Waals surface area contributed by atoms with Crippen molar-refractivity contribution in [1.29, 1.82) is 0 Å². The number of nitrogens with zero attached hydrogens (tertiary/aromatic N) is 1. The van der Waals surface area contributed by atoms with E-state index >= 15 is 0 Å². The number of nitrogens with one attached hydrogen (secondary N) is 1. The fourth-order valence-electron chi connectivity index (χ4n) is 3.15. The van der Waals surface area contributed by atoms with E-state index in [0.29, 0.717) is 30.3 Å². The lowest BCUT2D eigenvalue weighted by Crippen LogP contribution is -2.50. The summed E-state index contributed by atoms with van der Waals surface area (Å²) in [6, 6.07) is 14.3. The van der Waals surface area contributed by atoms with E-state index in [1.165, 1.54) is 0 Å². The molecule has 2 rings (SSSR count). The molecular weight excluding hydrogens is 400 g/mol. The first kappa shape index (κ1) is 23.7. The van der Waals surface area contributed by atoms with Gasteiger partial charge in [-0.2, -0.15) is 0 Å². The molecule has 0 heterocycles. The molecule has 0 fully saturated rings. The van der Waals surface area contributed by atoms with Crippen molar-refractivity contribution in [3.63, 3.8) is 0 Å². The van der Waals surface area contributed by atoms with E-state index in [1.54, 1.807) is 17.0 Å². The van der Waals surface area contributed by atoms with Crippen molar-refractivity contribution >= 4 is 23.4 Å². The zero-order chi connectivity index (χ0) is 21.9. The third-order valence-corrected chi connectivity index (χ3v) is 5.18. The molecule has 2 aromatic rings. The second-order valence-electron chi connectivity index (χ2n) is 7.27. The molecule has 0 aromatic heterocycles. The largest absolute Gasteiger partial charge is 0.484 e. The molecule has 0 aliphatic carbocycles. The number of benzene rings is 2. The Bertz CT molecular complexity index is 823. The Morgan fingerprint density at radius 3 is 2.43 bits per heavy atom. The summed E-state index contributed by atoms with van der Waals surface area (Å²) in [7, 11) is 0. The van der Waals surface area contributed by atoms with Crippen LogP contribution < -0.4 is 10.1 Å². The number of rotatable bonds is 11. The van der Waals surface area contributed by atoms with Crippen LogP contribution in [0.2, 0.25) is 5.02 Å². The van der Waals surface area contributed by atoms with Crippen molar-refractivity contribution in [3.8, 4) is 5.75 Å². The van der Waals surface area contributed by atoms with Crippen molar-refractivity contribution < 1.29 is 14.3 Å². The monoisotopic (exact) mass is 430 g/mol. The molecule has 162 valence electrons. The van der Waals surface area contributed by atoms with Gasteiger partial charge in [-0.25, -0.2) is 0 Å². The summed E-state index contributed by atoms with van der Waals surface area (Å²) in [5, 5.41) is 3.58. The van der Waals surface area contributed by atoms with Crippen molar-refractivity contribution in [2.24, 2.45) is 0 Å². The Balaban J connectivity index is 2.17. The number of para-hydroxylation sites is 1. The summed E-state index contributed by atoms with van der Waals surface area (Å²) in [5.41, 5.74) is 1.86. The smallest absolute Gasteiger partial charge is 0.261 e. The van der Waals surface area contributed by atoms with Gasteiger partial charge in [-0.3, -0.25) is 9.59 Å². The van der Waals surface area contributed by atoms with E-state index in [9.17, 15) is 9.59 Å². The van der Waals surface area contributed by atoms with Crippen LogP contribution in [0.25, 0.3) is 0 Å². The molecule has 0 saturated heterocycles. The molecule has 1 N–H and O–H groups in total. The van der Waals surface area contributed by atoms with Crippen LogP contribution in [0.15, 0.2) is 48.5 Å². The van der Waals surface area contributed by atoms with Gasteiger partial charge in [-0.05, 0) is 49.1 Å². The number of carbonyl (C=O) groups is 2. The zero-order valence-electron chi connectivity index (χ0n) is 18.0. The maximum atomic E-state index is 13.1. The lowest BCUT2D eigenvalue weighted by Gasteiger charge is -2.30. The fraction of sp³-hybridized carbons (Fsp3) is 0.417. The third-order valence-electron chi connectivity index (χ3n) is 4.93. The van der Waals surface area contributed by atoms with Gasteiger partial charge in [0, 0.05) is 18.1 Å². The first-order chi connectivity index (χ1) is 14.5. The number of halogens is 1. The van der Waals surface area contributed by atoms with Crippen LogP contribution in [0.3, 0.4) is 0 Å². The molecule has 0 bridgehead atoms. The van der Waals surface area contributed by atoms with Gasteiger partial charge in [0.05, 0.1) is 0 Å². The predicted molar refractivity (Wildman–Crippen MR) is 121 cm³/mol. The van der Waals surface area contributed by atoms with E-state index in [1.807, 2.05) is 50.2 Å². The van der Waals surface area contributed by atoms with E-state index < -0.39 is 6.04 Å². The van der Waals surface area contributed by atoms with E-state index in [4.69, 9.17) is 16.3 Å². The van der Waals surface area contributed by atoms with Crippen molar-refractivity contribution in [3.05, 3.63) is 64.7 Å². The normalized spacial score (nSPS) is 11.6. The quantitative estimate of drug-likeness (QED) is 0.523. The number of ether oxygens (including phenoxy) is 1. The molecule has 0 aliphatic rings. The lowest BCUT2D eigenvalue weighted by molar-refractivity contribution is -0.143. The number of hydrogen-bond donors (Lipinski definition) is 1. The molecule has 5 nitrogen and oxygen atoms in total. The molecule has 0 spiro atoms. The van der Waals surface area contributed by atoms with Crippen molar-refractivity contribution in [2.45, 2.75) is 52.6 Å². The molecule has 1 atom stereocenters. The Morgan fingerprint density at radius 2 is 1.80 bits per heavy atom. The number of aryl methyl sites for hydroxylation is 1. The minimum atomic E-state index is -0.564. The van der Waals surface area contributed by atoms with Gasteiger partial charge < -0.3 is 15.0 Å².